The lowest BCUT2D eigenvalue weighted by atomic mass is 10.1. The number of rotatable bonds is 6. The Labute approximate surface area is 143 Å². The van der Waals surface area contributed by atoms with Crippen LogP contribution in [0, 0.1) is 0 Å². The highest BCUT2D eigenvalue weighted by atomic mass is 16.7. The molecule has 7 nitrogen and oxygen atoms in total. The lowest BCUT2D eigenvalue weighted by Crippen LogP contribution is -2.34. The van der Waals surface area contributed by atoms with Crippen LogP contribution in [-0.4, -0.2) is 36.1 Å². The summed E-state index contributed by atoms with van der Waals surface area (Å²) in [6.45, 7) is 1.98. The molecule has 0 saturated carbocycles. The van der Waals surface area contributed by atoms with Crippen molar-refractivity contribution in [3.8, 4) is 11.5 Å². The Morgan fingerprint density at radius 1 is 0.880 bits per heavy atom. The molecule has 0 unspecified atom stereocenters. The fourth-order valence-electron chi connectivity index (χ4n) is 2.32. The van der Waals surface area contributed by atoms with Crippen molar-refractivity contribution in [2.45, 2.75) is 6.92 Å². The second-order valence-corrected chi connectivity index (χ2v) is 5.11. The summed E-state index contributed by atoms with van der Waals surface area (Å²) in [5.74, 6) is -1.08. The first-order valence-corrected chi connectivity index (χ1v) is 7.64. The molecule has 2 aromatic rings. The molecule has 1 heterocycles. The van der Waals surface area contributed by atoms with Gasteiger partial charge < -0.3 is 14.3 Å². The highest BCUT2D eigenvalue weighted by molar-refractivity contribution is 6.20. The van der Waals surface area contributed by atoms with Crippen molar-refractivity contribution in [3.05, 3.63) is 59.7 Å². The molecular formula is C18H15NO6. The van der Waals surface area contributed by atoms with Gasteiger partial charge >= 0.3 is 5.97 Å². The van der Waals surface area contributed by atoms with Crippen LogP contribution in [0.2, 0.25) is 0 Å². The summed E-state index contributed by atoms with van der Waals surface area (Å²) >= 11 is 0. The normalized spacial score (nSPS) is 12.8. The van der Waals surface area contributed by atoms with Crippen molar-refractivity contribution >= 4 is 17.8 Å². The van der Waals surface area contributed by atoms with Crippen LogP contribution in [0.25, 0.3) is 0 Å². The van der Waals surface area contributed by atoms with Gasteiger partial charge in [0.05, 0.1) is 17.7 Å². The van der Waals surface area contributed by atoms with Gasteiger partial charge in [0.25, 0.3) is 11.8 Å². The second-order valence-electron chi connectivity index (χ2n) is 5.11. The number of hydrogen-bond acceptors (Lipinski definition) is 6. The zero-order valence-corrected chi connectivity index (χ0v) is 13.4. The highest BCUT2D eigenvalue weighted by Crippen LogP contribution is 2.23. The van der Waals surface area contributed by atoms with Crippen molar-refractivity contribution in [1.29, 1.82) is 0 Å². The van der Waals surface area contributed by atoms with Crippen LogP contribution >= 0.6 is 0 Å². The van der Waals surface area contributed by atoms with Gasteiger partial charge in [-0.2, -0.15) is 0 Å². The zero-order chi connectivity index (χ0) is 17.8. The Hall–Kier alpha value is -3.35. The summed E-state index contributed by atoms with van der Waals surface area (Å²) in [6.07, 6.45) is 0. The van der Waals surface area contributed by atoms with Crippen LogP contribution in [0.4, 0.5) is 0 Å². The fraction of sp³-hybridized carbons (Fsp3) is 0.167. The SMILES string of the molecule is CCOc1ccc(OCC(=O)ON2C(=O)c3ccccc3C2=O)cc1. The average molecular weight is 341 g/mol. The van der Waals surface area contributed by atoms with Gasteiger partial charge in [-0.05, 0) is 43.3 Å². The van der Waals surface area contributed by atoms with Crippen LogP contribution in [0.1, 0.15) is 27.6 Å². The van der Waals surface area contributed by atoms with Gasteiger partial charge in [-0.1, -0.05) is 17.2 Å². The van der Waals surface area contributed by atoms with Crippen LogP contribution in [0.3, 0.4) is 0 Å². The molecule has 0 radical (unpaired) electrons. The molecule has 7 heteroatoms. The maximum Gasteiger partial charge on any atom is 0.370 e. The summed E-state index contributed by atoms with van der Waals surface area (Å²) in [4.78, 5) is 40.9. The van der Waals surface area contributed by atoms with E-state index in [1.165, 1.54) is 12.1 Å². The van der Waals surface area contributed by atoms with Crippen molar-refractivity contribution in [1.82, 2.24) is 5.06 Å². The predicted molar refractivity (Wildman–Crippen MR) is 86.1 cm³/mol. The van der Waals surface area contributed by atoms with Crippen LogP contribution in [0.15, 0.2) is 48.5 Å². The number of imide groups is 1. The molecule has 0 spiro atoms. The number of nitrogens with zero attached hydrogens (tertiary/aromatic N) is 1. The summed E-state index contributed by atoms with van der Waals surface area (Å²) in [5, 5.41) is 0.453. The molecule has 2 aromatic carbocycles. The topological polar surface area (TPSA) is 82.1 Å². The Bertz CT molecular complexity index is 780. The number of fused-ring (bicyclic) bond motifs is 1. The highest BCUT2D eigenvalue weighted by Gasteiger charge is 2.38. The second kappa shape index (κ2) is 7.04. The third-order valence-electron chi connectivity index (χ3n) is 3.44. The fourth-order valence-corrected chi connectivity index (χ4v) is 2.32. The first kappa shape index (κ1) is 16.5. The molecule has 3 rings (SSSR count). The smallest absolute Gasteiger partial charge is 0.370 e. The lowest BCUT2D eigenvalue weighted by molar-refractivity contribution is -0.170. The number of ether oxygens (including phenoxy) is 2. The van der Waals surface area contributed by atoms with E-state index in [0.29, 0.717) is 23.2 Å². The van der Waals surface area contributed by atoms with E-state index < -0.39 is 24.4 Å². The van der Waals surface area contributed by atoms with Crippen LogP contribution in [0.5, 0.6) is 11.5 Å². The molecule has 2 amide bonds. The molecule has 128 valence electrons. The molecule has 1 aliphatic heterocycles. The molecule has 25 heavy (non-hydrogen) atoms. The van der Waals surface area contributed by atoms with E-state index in [9.17, 15) is 14.4 Å². The number of hydrogen-bond donors (Lipinski definition) is 0. The van der Waals surface area contributed by atoms with Gasteiger partial charge in [0.1, 0.15) is 11.5 Å². The molecular weight excluding hydrogens is 326 g/mol. The molecule has 0 aliphatic carbocycles. The van der Waals surface area contributed by atoms with Gasteiger partial charge in [0, 0.05) is 0 Å². The molecule has 0 bridgehead atoms. The quantitative estimate of drug-likeness (QED) is 0.749. The first-order valence-electron chi connectivity index (χ1n) is 7.64. The zero-order valence-electron chi connectivity index (χ0n) is 13.4. The maximum absolute atomic E-state index is 12.1. The van der Waals surface area contributed by atoms with E-state index in [2.05, 4.69) is 0 Å². The summed E-state index contributed by atoms with van der Waals surface area (Å²) in [6, 6.07) is 12.9. The van der Waals surface area contributed by atoms with E-state index in [-0.39, 0.29) is 11.1 Å². The summed E-state index contributed by atoms with van der Waals surface area (Å²) < 4.78 is 10.6. The van der Waals surface area contributed by atoms with Gasteiger partial charge in [0.15, 0.2) is 6.61 Å². The van der Waals surface area contributed by atoms with E-state index in [1.54, 1.807) is 36.4 Å². The molecule has 1 aliphatic rings. The molecule has 0 N–H and O–H groups in total. The lowest BCUT2D eigenvalue weighted by Gasteiger charge is -2.13. The summed E-state index contributed by atoms with van der Waals surface area (Å²) in [5.41, 5.74) is 0.403. The molecule has 0 atom stereocenters. The third-order valence-corrected chi connectivity index (χ3v) is 3.44. The van der Waals surface area contributed by atoms with Crippen LogP contribution < -0.4 is 9.47 Å². The largest absolute Gasteiger partial charge is 0.494 e. The van der Waals surface area contributed by atoms with Crippen LogP contribution in [-0.2, 0) is 9.63 Å². The first-order chi connectivity index (χ1) is 12.1. The Kier molecular flexibility index (Phi) is 4.65. The number of benzene rings is 2. The maximum atomic E-state index is 12.1. The number of hydroxylamine groups is 2. The van der Waals surface area contributed by atoms with Gasteiger partial charge in [-0.3, -0.25) is 9.59 Å². The minimum atomic E-state index is -0.858. The van der Waals surface area contributed by atoms with E-state index >= 15 is 0 Å². The van der Waals surface area contributed by atoms with E-state index in [4.69, 9.17) is 14.3 Å². The minimum Gasteiger partial charge on any atom is -0.494 e. The number of carbonyl (C=O) groups is 3. The Morgan fingerprint density at radius 2 is 1.40 bits per heavy atom. The van der Waals surface area contributed by atoms with Crippen molar-refractivity contribution in [2.24, 2.45) is 0 Å². The Morgan fingerprint density at radius 3 is 1.92 bits per heavy atom. The third kappa shape index (κ3) is 3.45. The van der Waals surface area contributed by atoms with Crippen molar-refractivity contribution < 1.29 is 28.7 Å². The van der Waals surface area contributed by atoms with Crippen molar-refractivity contribution in [3.63, 3.8) is 0 Å². The monoisotopic (exact) mass is 341 g/mol. The van der Waals surface area contributed by atoms with E-state index in [0.717, 1.165) is 0 Å². The predicted octanol–water partition coefficient (Wildman–Crippen LogP) is 2.22. The van der Waals surface area contributed by atoms with Gasteiger partial charge in [0.2, 0.25) is 0 Å². The van der Waals surface area contributed by atoms with Gasteiger partial charge in [-0.25, -0.2) is 4.79 Å². The molecule has 0 saturated heterocycles. The average Bonchev–Trinajstić information content (AvgIpc) is 2.87. The standard InChI is InChI=1S/C18H15NO6/c1-2-23-12-7-9-13(10-8-12)24-11-16(20)25-19-17(21)14-5-3-4-6-15(14)18(19)22/h3-10H,2,11H2,1H3. The molecule has 0 fully saturated rings. The number of carbonyl (C=O) groups excluding carboxylic acids is 3. The Balaban J connectivity index is 1.56. The van der Waals surface area contributed by atoms with E-state index in [1.807, 2.05) is 6.92 Å². The summed E-state index contributed by atoms with van der Waals surface area (Å²) in [7, 11) is 0. The molecule has 0 aromatic heterocycles. The number of amides is 2. The minimum absolute atomic E-state index is 0.202. The van der Waals surface area contributed by atoms with Crippen molar-refractivity contribution in [2.75, 3.05) is 13.2 Å². The van der Waals surface area contributed by atoms with Gasteiger partial charge in [-0.15, -0.1) is 0 Å².